The number of rotatable bonds is 2. The molecular weight excluding hydrogens is 279 g/mol. The van der Waals surface area contributed by atoms with E-state index >= 15 is 0 Å². The Kier molecular flexibility index (Phi) is 3.30. The van der Waals surface area contributed by atoms with Crippen LogP contribution in [0.1, 0.15) is 22.8 Å². The first kappa shape index (κ1) is 10.5. The van der Waals surface area contributed by atoms with E-state index in [2.05, 4.69) is 22.6 Å². The van der Waals surface area contributed by atoms with Crippen LogP contribution in [0.2, 0.25) is 0 Å². The zero-order valence-corrected chi connectivity index (χ0v) is 10.0. The molecule has 2 nitrogen and oxygen atoms in total. The Morgan fingerprint density at radius 2 is 2.08 bits per heavy atom. The van der Waals surface area contributed by atoms with Crippen molar-refractivity contribution in [1.29, 1.82) is 0 Å². The number of methoxy groups -OCH3 is 1. The van der Waals surface area contributed by atoms with E-state index in [1.165, 1.54) is 0 Å². The third kappa shape index (κ3) is 2.21. The van der Waals surface area contributed by atoms with Crippen molar-refractivity contribution in [2.75, 3.05) is 7.11 Å². The second kappa shape index (κ2) is 4.09. The summed E-state index contributed by atoms with van der Waals surface area (Å²) in [5.74, 6) is 0.707. The van der Waals surface area contributed by atoms with Crippen molar-refractivity contribution in [1.82, 2.24) is 0 Å². The van der Waals surface area contributed by atoms with Gasteiger partial charge in [0.15, 0.2) is 5.78 Å². The summed E-state index contributed by atoms with van der Waals surface area (Å²) in [6, 6.07) is 3.85. The van der Waals surface area contributed by atoms with E-state index in [0.29, 0.717) is 11.3 Å². The molecule has 1 aromatic rings. The van der Waals surface area contributed by atoms with E-state index in [1.807, 2.05) is 19.1 Å². The van der Waals surface area contributed by atoms with Crippen molar-refractivity contribution < 1.29 is 9.53 Å². The lowest BCUT2D eigenvalue weighted by Gasteiger charge is -2.08. The van der Waals surface area contributed by atoms with Crippen molar-refractivity contribution in [3.8, 4) is 5.75 Å². The average molecular weight is 290 g/mol. The summed E-state index contributed by atoms with van der Waals surface area (Å²) in [6.07, 6.45) is 0. The van der Waals surface area contributed by atoms with Gasteiger partial charge in [0.25, 0.3) is 0 Å². The molecule has 0 fully saturated rings. The molecule has 0 saturated carbocycles. The van der Waals surface area contributed by atoms with Crippen LogP contribution in [0.4, 0.5) is 0 Å². The van der Waals surface area contributed by atoms with Crippen LogP contribution in [0.15, 0.2) is 12.1 Å². The molecule has 0 aliphatic heterocycles. The van der Waals surface area contributed by atoms with E-state index in [1.54, 1.807) is 14.0 Å². The molecule has 0 aliphatic carbocycles. The van der Waals surface area contributed by atoms with Gasteiger partial charge >= 0.3 is 0 Å². The van der Waals surface area contributed by atoms with Crippen molar-refractivity contribution in [2.45, 2.75) is 13.8 Å². The number of hydrogen-bond acceptors (Lipinski definition) is 2. The molecule has 0 N–H and O–H groups in total. The van der Waals surface area contributed by atoms with Gasteiger partial charge in [-0.25, -0.2) is 0 Å². The van der Waals surface area contributed by atoms with Gasteiger partial charge in [0.2, 0.25) is 0 Å². The van der Waals surface area contributed by atoms with Crippen LogP contribution in [0.25, 0.3) is 0 Å². The molecule has 0 aliphatic rings. The van der Waals surface area contributed by atoms with Crippen LogP contribution in [0.5, 0.6) is 5.75 Å². The molecule has 0 radical (unpaired) electrons. The molecule has 0 amide bonds. The highest BCUT2D eigenvalue weighted by molar-refractivity contribution is 14.1. The smallest absolute Gasteiger partial charge is 0.164 e. The standard InChI is InChI=1S/C10H11IO2/c1-6-4-8(11)10(7(2)12)9(5-6)13-3/h4-5H,1-3H3. The summed E-state index contributed by atoms with van der Waals surface area (Å²) < 4.78 is 6.09. The highest BCUT2D eigenvalue weighted by Gasteiger charge is 2.12. The number of Topliss-reactive ketones (excluding diaryl/α,β-unsaturated/α-hetero) is 1. The summed E-state index contributed by atoms with van der Waals surface area (Å²) in [5.41, 5.74) is 1.78. The summed E-state index contributed by atoms with van der Waals surface area (Å²) in [5, 5.41) is 0. The van der Waals surface area contributed by atoms with Gasteiger partial charge in [-0.1, -0.05) is 0 Å². The molecule has 0 spiro atoms. The van der Waals surface area contributed by atoms with Gasteiger partial charge in [0, 0.05) is 3.57 Å². The number of carbonyl (C=O) groups is 1. The highest BCUT2D eigenvalue weighted by atomic mass is 127. The Morgan fingerprint density at radius 3 is 2.54 bits per heavy atom. The minimum Gasteiger partial charge on any atom is -0.496 e. The topological polar surface area (TPSA) is 26.3 Å². The van der Waals surface area contributed by atoms with Crippen molar-refractivity contribution in [3.05, 3.63) is 26.8 Å². The second-order valence-electron chi connectivity index (χ2n) is 2.88. The van der Waals surface area contributed by atoms with Gasteiger partial charge in [0.1, 0.15) is 5.75 Å². The van der Waals surface area contributed by atoms with E-state index < -0.39 is 0 Å². The fraction of sp³-hybridized carbons (Fsp3) is 0.300. The van der Waals surface area contributed by atoms with Crippen LogP contribution in [-0.2, 0) is 0 Å². The maximum absolute atomic E-state index is 11.3. The van der Waals surface area contributed by atoms with Crippen LogP contribution < -0.4 is 4.74 Å². The second-order valence-corrected chi connectivity index (χ2v) is 4.04. The van der Waals surface area contributed by atoms with E-state index in [0.717, 1.165) is 9.13 Å². The molecule has 3 heteroatoms. The highest BCUT2D eigenvalue weighted by Crippen LogP contribution is 2.26. The predicted molar refractivity (Wildman–Crippen MR) is 60.5 cm³/mol. The fourth-order valence-electron chi connectivity index (χ4n) is 1.21. The molecule has 0 unspecified atom stereocenters. The average Bonchev–Trinajstić information content (AvgIpc) is 2.01. The molecule has 0 heterocycles. The lowest BCUT2D eigenvalue weighted by atomic mass is 10.1. The Labute approximate surface area is 91.4 Å². The number of hydrogen-bond donors (Lipinski definition) is 0. The first-order valence-electron chi connectivity index (χ1n) is 3.91. The number of benzene rings is 1. The van der Waals surface area contributed by atoms with Crippen LogP contribution in [0.3, 0.4) is 0 Å². The van der Waals surface area contributed by atoms with Crippen LogP contribution >= 0.6 is 22.6 Å². The Bertz CT molecular complexity index is 345. The number of aryl methyl sites for hydroxylation is 1. The van der Waals surface area contributed by atoms with Crippen molar-refractivity contribution in [3.63, 3.8) is 0 Å². The first-order valence-corrected chi connectivity index (χ1v) is 4.99. The molecule has 0 saturated heterocycles. The van der Waals surface area contributed by atoms with Crippen LogP contribution in [-0.4, -0.2) is 12.9 Å². The van der Waals surface area contributed by atoms with Gasteiger partial charge in [0.05, 0.1) is 12.7 Å². The molecule has 70 valence electrons. The number of halogens is 1. The zero-order chi connectivity index (χ0) is 10.0. The van der Waals surface area contributed by atoms with Gasteiger partial charge in [-0.05, 0) is 54.1 Å². The third-order valence-corrected chi connectivity index (χ3v) is 2.62. The summed E-state index contributed by atoms with van der Waals surface area (Å²) in [6.45, 7) is 3.53. The third-order valence-electron chi connectivity index (χ3n) is 1.77. The maximum Gasteiger partial charge on any atom is 0.164 e. The lowest BCUT2D eigenvalue weighted by molar-refractivity contribution is 0.101. The molecular formula is C10H11IO2. The molecule has 0 atom stereocenters. The Balaban J connectivity index is 3.38. The normalized spacial score (nSPS) is 9.85. The largest absolute Gasteiger partial charge is 0.496 e. The summed E-state index contributed by atoms with van der Waals surface area (Å²) in [4.78, 5) is 11.3. The SMILES string of the molecule is COc1cc(C)cc(I)c1C(C)=O. The van der Waals surface area contributed by atoms with Gasteiger partial charge < -0.3 is 4.74 Å². The number of carbonyl (C=O) groups excluding carboxylic acids is 1. The Morgan fingerprint density at radius 1 is 1.46 bits per heavy atom. The minimum atomic E-state index is 0.0428. The fourth-order valence-corrected chi connectivity index (χ4v) is 2.35. The number of ether oxygens (including phenoxy) is 1. The molecule has 1 rings (SSSR count). The van der Waals surface area contributed by atoms with Gasteiger partial charge in [-0.15, -0.1) is 0 Å². The van der Waals surface area contributed by atoms with Crippen molar-refractivity contribution >= 4 is 28.4 Å². The zero-order valence-electron chi connectivity index (χ0n) is 7.85. The minimum absolute atomic E-state index is 0.0428. The molecule has 0 bridgehead atoms. The van der Waals surface area contributed by atoms with Crippen LogP contribution in [0, 0.1) is 10.5 Å². The number of ketones is 1. The Hall–Kier alpha value is -0.580. The molecule has 13 heavy (non-hydrogen) atoms. The first-order chi connectivity index (χ1) is 6.06. The quantitative estimate of drug-likeness (QED) is 0.618. The van der Waals surface area contributed by atoms with E-state index in [9.17, 15) is 4.79 Å². The summed E-state index contributed by atoms with van der Waals surface area (Å²) in [7, 11) is 1.58. The molecule has 0 aromatic heterocycles. The van der Waals surface area contributed by atoms with E-state index in [4.69, 9.17) is 4.74 Å². The van der Waals surface area contributed by atoms with Gasteiger partial charge in [-0.3, -0.25) is 4.79 Å². The van der Waals surface area contributed by atoms with E-state index in [-0.39, 0.29) is 5.78 Å². The monoisotopic (exact) mass is 290 g/mol. The van der Waals surface area contributed by atoms with Crippen molar-refractivity contribution in [2.24, 2.45) is 0 Å². The molecule has 1 aromatic carbocycles. The predicted octanol–water partition coefficient (Wildman–Crippen LogP) is 2.81. The lowest BCUT2D eigenvalue weighted by Crippen LogP contribution is -2.01. The summed E-state index contributed by atoms with van der Waals surface area (Å²) >= 11 is 2.15. The van der Waals surface area contributed by atoms with Gasteiger partial charge in [-0.2, -0.15) is 0 Å². The maximum atomic E-state index is 11.3.